The van der Waals surface area contributed by atoms with Gasteiger partial charge in [0.25, 0.3) is 0 Å². The Morgan fingerprint density at radius 3 is 2.47 bits per heavy atom. The maximum Gasteiger partial charge on any atom is 0.194 e. The van der Waals surface area contributed by atoms with E-state index in [1.807, 2.05) is 38.2 Å². The summed E-state index contributed by atoms with van der Waals surface area (Å²) in [7, 11) is 5.19. The topological polar surface area (TPSA) is 58.6 Å². The van der Waals surface area contributed by atoms with Crippen LogP contribution in [0.15, 0.2) is 47.5 Å². The number of rotatable bonds is 7. The number of benzene rings is 2. The summed E-state index contributed by atoms with van der Waals surface area (Å²) in [5.41, 5.74) is 2.31. The van der Waals surface area contributed by atoms with Crippen molar-refractivity contribution >= 4 is 11.6 Å². The highest BCUT2D eigenvalue weighted by molar-refractivity contribution is 5.80. The van der Waals surface area contributed by atoms with E-state index in [1.54, 1.807) is 14.2 Å². The number of anilines is 1. The van der Waals surface area contributed by atoms with Crippen molar-refractivity contribution in [2.24, 2.45) is 4.99 Å². The third-order valence-electron chi connectivity index (χ3n) is 5.19. The molecule has 1 N–H and O–H groups in total. The lowest BCUT2D eigenvalue weighted by molar-refractivity contribution is 0.310. The monoisotopic (exact) mass is 412 g/mol. The molecule has 30 heavy (non-hydrogen) atoms. The van der Waals surface area contributed by atoms with Gasteiger partial charge < -0.3 is 29.3 Å². The summed E-state index contributed by atoms with van der Waals surface area (Å²) in [6.07, 6.45) is 0. The molecule has 1 heterocycles. The molecule has 0 saturated carbocycles. The minimum atomic E-state index is 0.613. The van der Waals surface area contributed by atoms with Gasteiger partial charge in [0, 0.05) is 51.5 Å². The van der Waals surface area contributed by atoms with E-state index >= 15 is 0 Å². The van der Waals surface area contributed by atoms with Gasteiger partial charge in [-0.15, -0.1) is 0 Å². The standard InChI is InChI=1S/C23H32N4O3/c1-5-30-21-10-9-18(15-22(21)29-4)17-25-23(24-2)27-13-11-26(12-14-27)19-7-6-8-20(16-19)28-3/h6-10,15-16H,5,11-14,17H2,1-4H3,(H,24,25). The van der Waals surface area contributed by atoms with E-state index in [4.69, 9.17) is 14.2 Å². The van der Waals surface area contributed by atoms with Crippen molar-refractivity contribution in [3.8, 4) is 17.2 Å². The van der Waals surface area contributed by atoms with Crippen LogP contribution >= 0.6 is 0 Å². The highest BCUT2D eigenvalue weighted by Crippen LogP contribution is 2.28. The van der Waals surface area contributed by atoms with Gasteiger partial charge in [0.15, 0.2) is 17.5 Å². The fourth-order valence-corrected chi connectivity index (χ4v) is 3.59. The number of piperazine rings is 1. The zero-order valence-electron chi connectivity index (χ0n) is 18.4. The van der Waals surface area contributed by atoms with Gasteiger partial charge in [-0.25, -0.2) is 0 Å². The van der Waals surface area contributed by atoms with E-state index in [0.29, 0.717) is 13.2 Å². The molecular formula is C23H32N4O3. The van der Waals surface area contributed by atoms with Crippen LogP contribution in [0.2, 0.25) is 0 Å². The summed E-state index contributed by atoms with van der Waals surface area (Å²) >= 11 is 0. The fourth-order valence-electron chi connectivity index (χ4n) is 3.59. The first kappa shape index (κ1) is 21.6. The first-order chi connectivity index (χ1) is 14.7. The molecule has 0 bridgehead atoms. The summed E-state index contributed by atoms with van der Waals surface area (Å²) < 4.78 is 16.4. The molecule has 0 radical (unpaired) electrons. The van der Waals surface area contributed by atoms with Crippen molar-refractivity contribution in [1.29, 1.82) is 0 Å². The minimum Gasteiger partial charge on any atom is -0.497 e. The van der Waals surface area contributed by atoms with Crippen LogP contribution in [-0.4, -0.2) is 64.9 Å². The van der Waals surface area contributed by atoms with E-state index in [1.165, 1.54) is 5.69 Å². The Morgan fingerprint density at radius 1 is 1.00 bits per heavy atom. The molecule has 2 aromatic carbocycles. The van der Waals surface area contributed by atoms with Crippen molar-refractivity contribution < 1.29 is 14.2 Å². The molecule has 1 fully saturated rings. The SMILES string of the molecule is CCOc1ccc(CNC(=NC)N2CCN(c3cccc(OC)c3)CC2)cc1OC. The molecule has 1 saturated heterocycles. The first-order valence-electron chi connectivity index (χ1n) is 10.3. The summed E-state index contributed by atoms with van der Waals surface area (Å²) in [5.74, 6) is 3.31. The number of nitrogens with one attached hydrogen (secondary N) is 1. The molecule has 0 unspecified atom stereocenters. The van der Waals surface area contributed by atoms with E-state index in [2.05, 4.69) is 38.3 Å². The Bertz CT molecular complexity index is 848. The van der Waals surface area contributed by atoms with E-state index < -0.39 is 0 Å². The molecule has 0 aliphatic carbocycles. The van der Waals surface area contributed by atoms with Crippen LogP contribution < -0.4 is 24.4 Å². The summed E-state index contributed by atoms with van der Waals surface area (Å²) in [4.78, 5) is 9.15. The first-order valence-corrected chi connectivity index (χ1v) is 10.3. The summed E-state index contributed by atoms with van der Waals surface area (Å²) in [6, 6.07) is 14.2. The van der Waals surface area contributed by atoms with Crippen molar-refractivity contribution in [2.75, 3.05) is 59.0 Å². The zero-order chi connectivity index (χ0) is 21.3. The second kappa shape index (κ2) is 10.6. The maximum absolute atomic E-state index is 5.60. The van der Waals surface area contributed by atoms with Crippen LogP contribution in [0.5, 0.6) is 17.2 Å². The Morgan fingerprint density at radius 2 is 1.80 bits per heavy atom. The van der Waals surface area contributed by atoms with Gasteiger partial charge in [0.1, 0.15) is 5.75 Å². The average molecular weight is 413 g/mol. The van der Waals surface area contributed by atoms with Crippen molar-refractivity contribution in [2.45, 2.75) is 13.5 Å². The molecule has 0 spiro atoms. The van der Waals surface area contributed by atoms with Gasteiger partial charge in [0.2, 0.25) is 0 Å². The third kappa shape index (κ3) is 5.28. The van der Waals surface area contributed by atoms with Gasteiger partial charge in [-0.1, -0.05) is 12.1 Å². The van der Waals surface area contributed by atoms with Crippen molar-refractivity contribution in [1.82, 2.24) is 10.2 Å². The third-order valence-corrected chi connectivity index (χ3v) is 5.19. The second-order valence-corrected chi connectivity index (χ2v) is 6.99. The molecule has 7 heteroatoms. The Balaban J connectivity index is 1.56. The lowest BCUT2D eigenvalue weighted by Gasteiger charge is -2.37. The largest absolute Gasteiger partial charge is 0.497 e. The van der Waals surface area contributed by atoms with Gasteiger partial charge in [-0.3, -0.25) is 4.99 Å². The Labute approximate surface area is 179 Å². The van der Waals surface area contributed by atoms with Gasteiger partial charge in [-0.2, -0.15) is 0 Å². The normalized spacial score (nSPS) is 14.5. The molecule has 3 rings (SSSR count). The lowest BCUT2D eigenvalue weighted by Crippen LogP contribution is -2.52. The summed E-state index contributed by atoms with van der Waals surface area (Å²) in [5, 5.41) is 3.47. The number of nitrogens with zero attached hydrogens (tertiary/aromatic N) is 3. The number of aliphatic imine (C=N–C) groups is 1. The van der Waals surface area contributed by atoms with Gasteiger partial charge >= 0.3 is 0 Å². The van der Waals surface area contributed by atoms with E-state index in [9.17, 15) is 0 Å². The number of methoxy groups -OCH3 is 2. The highest BCUT2D eigenvalue weighted by atomic mass is 16.5. The fraction of sp³-hybridized carbons (Fsp3) is 0.435. The predicted molar refractivity (Wildman–Crippen MR) is 121 cm³/mol. The minimum absolute atomic E-state index is 0.613. The number of hydrogen-bond acceptors (Lipinski definition) is 5. The predicted octanol–water partition coefficient (Wildman–Crippen LogP) is 3.00. The highest BCUT2D eigenvalue weighted by Gasteiger charge is 2.20. The smallest absolute Gasteiger partial charge is 0.194 e. The van der Waals surface area contributed by atoms with Gasteiger partial charge in [-0.05, 0) is 36.8 Å². The molecule has 162 valence electrons. The number of guanidine groups is 1. The molecule has 2 aromatic rings. The number of hydrogen-bond donors (Lipinski definition) is 1. The second-order valence-electron chi connectivity index (χ2n) is 6.99. The van der Waals surface area contributed by atoms with E-state index in [0.717, 1.165) is 55.0 Å². The summed E-state index contributed by atoms with van der Waals surface area (Å²) in [6.45, 7) is 6.93. The van der Waals surface area contributed by atoms with Crippen molar-refractivity contribution in [3.05, 3.63) is 48.0 Å². The molecule has 7 nitrogen and oxygen atoms in total. The average Bonchev–Trinajstić information content (AvgIpc) is 2.81. The van der Waals surface area contributed by atoms with Crippen LogP contribution in [0, 0.1) is 0 Å². The molecule has 0 atom stereocenters. The van der Waals surface area contributed by atoms with Crippen LogP contribution in [0.1, 0.15) is 12.5 Å². The molecule has 1 aliphatic rings. The molecule has 0 amide bonds. The van der Waals surface area contributed by atoms with Crippen LogP contribution in [0.25, 0.3) is 0 Å². The van der Waals surface area contributed by atoms with Gasteiger partial charge in [0.05, 0.1) is 20.8 Å². The van der Waals surface area contributed by atoms with Crippen LogP contribution in [0.3, 0.4) is 0 Å². The van der Waals surface area contributed by atoms with Crippen LogP contribution in [-0.2, 0) is 6.54 Å². The maximum atomic E-state index is 5.60. The molecular weight excluding hydrogens is 380 g/mol. The number of ether oxygens (including phenoxy) is 3. The quantitative estimate of drug-likeness (QED) is 0.557. The Hall–Kier alpha value is -3.09. The lowest BCUT2D eigenvalue weighted by atomic mass is 10.2. The molecule has 1 aliphatic heterocycles. The van der Waals surface area contributed by atoms with Crippen LogP contribution in [0.4, 0.5) is 5.69 Å². The van der Waals surface area contributed by atoms with Crippen molar-refractivity contribution in [3.63, 3.8) is 0 Å². The Kier molecular flexibility index (Phi) is 7.65. The molecule has 0 aromatic heterocycles. The zero-order valence-corrected chi connectivity index (χ0v) is 18.4. The van der Waals surface area contributed by atoms with E-state index in [-0.39, 0.29) is 0 Å².